The van der Waals surface area contributed by atoms with Crippen LogP contribution in [0.25, 0.3) is 16.9 Å². The van der Waals surface area contributed by atoms with Crippen molar-refractivity contribution < 1.29 is 33.2 Å². The van der Waals surface area contributed by atoms with E-state index >= 15 is 0 Å². The van der Waals surface area contributed by atoms with Crippen LogP contribution in [-0.2, 0) is 25.7 Å². The summed E-state index contributed by atoms with van der Waals surface area (Å²) in [4.78, 5) is 85.7. The van der Waals surface area contributed by atoms with Crippen LogP contribution in [0, 0.1) is 0 Å². The molecule has 5 aromatic rings. The smallest absolute Gasteiger partial charge is 0.264 e. The van der Waals surface area contributed by atoms with E-state index < -0.39 is 29.7 Å². The molecule has 0 radical (unpaired) electrons. The van der Waals surface area contributed by atoms with Gasteiger partial charge in [0, 0.05) is 62.5 Å². The van der Waals surface area contributed by atoms with E-state index in [2.05, 4.69) is 60.6 Å². The van der Waals surface area contributed by atoms with Crippen LogP contribution in [-0.4, -0.2) is 110 Å². The zero-order valence-electron chi connectivity index (χ0n) is 35.0. The number of carbonyl (C=O) groups excluding carboxylic acids is 6. The number of nitrogens with one attached hydrogen (secondary N) is 4. The molecule has 3 aliphatic heterocycles. The Morgan fingerprint density at radius 3 is 2.38 bits per heavy atom. The Labute approximate surface area is 363 Å². The topological polar surface area (TPSA) is 216 Å². The minimum atomic E-state index is -1.06. The molecule has 18 heteroatoms. The fraction of sp³-hybridized carbons (Fsp3) is 0.400. The third kappa shape index (κ3) is 9.84. The normalized spacial score (nSPS) is 16.4. The van der Waals surface area contributed by atoms with E-state index in [-0.39, 0.29) is 42.3 Å². The van der Waals surface area contributed by atoms with Gasteiger partial charge in [0.05, 0.1) is 36.7 Å². The number of unbranched alkanes of at least 4 members (excludes halogenated alkanes) is 6. The molecule has 1 atom stereocenters. The lowest BCUT2D eigenvalue weighted by Gasteiger charge is -2.36. The molecule has 0 aliphatic carbocycles. The van der Waals surface area contributed by atoms with E-state index in [0.29, 0.717) is 43.9 Å². The second kappa shape index (κ2) is 19.7. The lowest BCUT2D eigenvalue weighted by atomic mass is 10.0. The first-order valence-electron chi connectivity index (χ1n) is 21.7. The average Bonchev–Trinajstić information content (AvgIpc) is 4.07. The maximum atomic E-state index is 13.3. The highest BCUT2D eigenvalue weighted by Gasteiger charge is 2.45. The summed E-state index contributed by atoms with van der Waals surface area (Å²) < 4.78 is 7.30. The standard InChI is InChI=1S/C45H51N11O7/c57-37-19-18-35(43(60)51-37)56-44(61)33-11-8-12-34(40(33)45(56)62)47-28-38(58)46-20-7-5-3-1-2-4-6-13-39(59)54-23-21-53(22-24-54)31-16-14-30(15-17-31)41-42-52-50-29-55(42)36(27-49-41)48-26-32-10-9-25-63-32/h8-12,14-17,25,27,29,35,47-48H,1-7,13,18-24,26,28H2,(H,46,58)(H,51,57,60). The summed E-state index contributed by atoms with van der Waals surface area (Å²) in [5.74, 6) is -0.782. The number of fused-ring (bicyclic) bond motifs is 2. The van der Waals surface area contributed by atoms with Gasteiger partial charge in [-0.3, -0.25) is 43.4 Å². The van der Waals surface area contributed by atoms with Gasteiger partial charge in [-0.15, -0.1) is 10.2 Å². The minimum absolute atomic E-state index is 0.0380. The van der Waals surface area contributed by atoms with Crippen molar-refractivity contribution >= 4 is 58.3 Å². The Kier molecular flexibility index (Phi) is 13.3. The number of piperidine rings is 1. The van der Waals surface area contributed by atoms with E-state index in [1.807, 2.05) is 21.4 Å². The lowest BCUT2D eigenvalue weighted by molar-refractivity contribution is -0.136. The highest BCUT2D eigenvalue weighted by Crippen LogP contribution is 2.32. The minimum Gasteiger partial charge on any atom is -0.467 e. The molecular formula is C45H51N11O7. The van der Waals surface area contributed by atoms with Gasteiger partial charge < -0.3 is 30.2 Å². The number of amides is 6. The van der Waals surface area contributed by atoms with Gasteiger partial charge in [-0.1, -0.05) is 50.3 Å². The molecule has 328 valence electrons. The summed E-state index contributed by atoms with van der Waals surface area (Å²) in [6.45, 7) is 3.89. The number of carbonyl (C=O) groups is 6. The number of hydrogen-bond donors (Lipinski definition) is 4. The summed E-state index contributed by atoms with van der Waals surface area (Å²) in [5, 5.41) is 19.8. The second-order valence-corrected chi connectivity index (χ2v) is 16.0. The molecule has 0 spiro atoms. The van der Waals surface area contributed by atoms with Crippen LogP contribution in [0.4, 0.5) is 17.2 Å². The fourth-order valence-electron chi connectivity index (χ4n) is 8.36. The van der Waals surface area contributed by atoms with E-state index in [4.69, 9.17) is 9.40 Å². The molecule has 1 unspecified atom stereocenters. The molecule has 6 heterocycles. The number of rotatable bonds is 19. The molecule has 6 amide bonds. The summed E-state index contributed by atoms with van der Waals surface area (Å²) in [6, 6.07) is 15.7. The van der Waals surface area contributed by atoms with Gasteiger partial charge in [0.2, 0.25) is 23.6 Å². The first-order valence-corrected chi connectivity index (χ1v) is 21.7. The number of imide groups is 2. The highest BCUT2D eigenvalue weighted by molar-refractivity contribution is 6.25. The molecule has 3 aliphatic rings. The number of benzene rings is 2. The van der Waals surface area contributed by atoms with Crippen molar-refractivity contribution in [2.45, 2.75) is 76.8 Å². The third-order valence-corrected chi connectivity index (χ3v) is 11.8. The number of nitrogens with zero attached hydrogens (tertiary/aromatic N) is 7. The van der Waals surface area contributed by atoms with Crippen molar-refractivity contribution in [2.24, 2.45) is 0 Å². The highest BCUT2D eigenvalue weighted by atomic mass is 16.3. The molecule has 63 heavy (non-hydrogen) atoms. The molecular weight excluding hydrogens is 807 g/mol. The van der Waals surface area contributed by atoms with E-state index in [0.717, 1.165) is 91.5 Å². The molecule has 2 aromatic carbocycles. The van der Waals surface area contributed by atoms with Crippen molar-refractivity contribution in [3.05, 3.63) is 90.3 Å². The summed E-state index contributed by atoms with van der Waals surface area (Å²) in [7, 11) is 0. The number of aromatic nitrogens is 4. The average molecular weight is 858 g/mol. The summed E-state index contributed by atoms with van der Waals surface area (Å²) in [5.41, 5.74) is 4.05. The Balaban J connectivity index is 0.671. The number of hydrogen-bond acceptors (Lipinski definition) is 13. The Morgan fingerprint density at radius 1 is 0.841 bits per heavy atom. The SMILES string of the molecule is O=C(CNc1cccc2c1C(=O)N(C1CCC(=O)NC1=O)C2=O)NCCCCCCCCCC(=O)N1CCN(c2ccc(-c3ncc(NCc4ccco4)n4cnnc34)cc2)CC1. The molecule has 0 bridgehead atoms. The van der Waals surface area contributed by atoms with Crippen LogP contribution in [0.5, 0.6) is 0 Å². The Hall–Kier alpha value is -7.11. The van der Waals surface area contributed by atoms with Gasteiger partial charge >= 0.3 is 0 Å². The summed E-state index contributed by atoms with van der Waals surface area (Å²) in [6.07, 6.45) is 12.6. The Morgan fingerprint density at radius 2 is 1.62 bits per heavy atom. The molecule has 3 aromatic heterocycles. The van der Waals surface area contributed by atoms with E-state index in [1.165, 1.54) is 6.07 Å². The van der Waals surface area contributed by atoms with E-state index in [9.17, 15) is 28.8 Å². The van der Waals surface area contributed by atoms with Crippen LogP contribution < -0.4 is 26.2 Å². The predicted molar refractivity (Wildman–Crippen MR) is 233 cm³/mol. The molecule has 0 saturated carbocycles. The maximum Gasteiger partial charge on any atom is 0.264 e. The molecule has 8 rings (SSSR count). The molecule has 2 saturated heterocycles. The van der Waals surface area contributed by atoms with Gasteiger partial charge in [-0.2, -0.15) is 0 Å². The molecule has 2 fully saturated rings. The number of furan rings is 1. The van der Waals surface area contributed by atoms with Gasteiger partial charge in [0.15, 0.2) is 5.65 Å². The van der Waals surface area contributed by atoms with Crippen molar-refractivity contribution in [2.75, 3.05) is 54.8 Å². The van der Waals surface area contributed by atoms with Gasteiger partial charge in [0.1, 0.15) is 29.6 Å². The molecule has 4 N–H and O–H groups in total. The van der Waals surface area contributed by atoms with Gasteiger partial charge in [-0.05, 0) is 55.7 Å². The first-order chi connectivity index (χ1) is 30.7. The Bertz CT molecular complexity index is 2460. The van der Waals surface area contributed by atoms with Crippen LogP contribution in [0.2, 0.25) is 0 Å². The zero-order chi connectivity index (χ0) is 43.7. The largest absolute Gasteiger partial charge is 0.467 e. The number of piperazine rings is 1. The van der Waals surface area contributed by atoms with Crippen LogP contribution >= 0.6 is 0 Å². The maximum absolute atomic E-state index is 13.3. The second-order valence-electron chi connectivity index (χ2n) is 16.0. The fourth-order valence-corrected chi connectivity index (χ4v) is 8.36. The predicted octanol–water partition coefficient (Wildman–Crippen LogP) is 4.40. The van der Waals surface area contributed by atoms with Gasteiger partial charge in [-0.25, -0.2) is 4.98 Å². The van der Waals surface area contributed by atoms with Crippen molar-refractivity contribution in [1.29, 1.82) is 0 Å². The molecule has 18 nitrogen and oxygen atoms in total. The van der Waals surface area contributed by atoms with Crippen LogP contribution in [0.1, 0.15) is 90.7 Å². The quantitative estimate of drug-likeness (QED) is 0.0670. The summed E-state index contributed by atoms with van der Waals surface area (Å²) >= 11 is 0. The van der Waals surface area contributed by atoms with Crippen molar-refractivity contribution in [3.8, 4) is 11.3 Å². The van der Waals surface area contributed by atoms with Crippen LogP contribution in [0.15, 0.2) is 77.8 Å². The van der Waals surface area contributed by atoms with Crippen molar-refractivity contribution in [1.82, 2.24) is 40.0 Å². The number of anilines is 3. The van der Waals surface area contributed by atoms with Crippen LogP contribution in [0.3, 0.4) is 0 Å². The first kappa shape index (κ1) is 42.6. The van der Waals surface area contributed by atoms with Crippen molar-refractivity contribution in [3.63, 3.8) is 0 Å². The lowest BCUT2D eigenvalue weighted by Crippen LogP contribution is -2.54. The third-order valence-electron chi connectivity index (χ3n) is 11.8. The van der Waals surface area contributed by atoms with Gasteiger partial charge in [0.25, 0.3) is 11.8 Å². The van der Waals surface area contributed by atoms with E-state index in [1.54, 1.807) is 30.9 Å². The zero-order valence-corrected chi connectivity index (χ0v) is 35.0. The monoisotopic (exact) mass is 857 g/mol.